The summed E-state index contributed by atoms with van der Waals surface area (Å²) in [5.74, 6) is 0. The van der Waals surface area contributed by atoms with E-state index in [1.807, 2.05) is 7.05 Å². The smallest absolute Gasteiger partial charge is 0.244 e. The van der Waals surface area contributed by atoms with Crippen molar-refractivity contribution >= 4 is 45.4 Å². The van der Waals surface area contributed by atoms with Crippen molar-refractivity contribution in [1.29, 1.82) is 0 Å². The number of benzene rings is 1. The average molecular weight is 422 g/mol. The minimum atomic E-state index is -3.67. The number of aromatic nitrogens is 3. The van der Waals surface area contributed by atoms with Crippen LogP contribution in [0.1, 0.15) is 0 Å². The summed E-state index contributed by atoms with van der Waals surface area (Å²) in [6.45, 7) is 2.42. The van der Waals surface area contributed by atoms with Gasteiger partial charge in [-0.3, -0.25) is 4.90 Å². The van der Waals surface area contributed by atoms with Gasteiger partial charge in [0, 0.05) is 38.2 Å². The summed E-state index contributed by atoms with van der Waals surface area (Å²) >= 11 is 17.2. The number of rotatable bonds is 4. The molecular weight excluding hydrogens is 405 g/mol. The predicted octanol–water partition coefficient (Wildman–Crippen LogP) is 2.22. The van der Waals surface area contributed by atoms with Crippen LogP contribution in [0.4, 0.5) is 0 Å². The van der Waals surface area contributed by atoms with Gasteiger partial charge in [-0.15, -0.1) is 0 Å². The van der Waals surface area contributed by atoms with Crippen molar-refractivity contribution in [3.8, 4) is 0 Å². The van der Waals surface area contributed by atoms with Gasteiger partial charge in [0.2, 0.25) is 10.0 Å². The zero-order valence-electron chi connectivity index (χ0n) is 13.5. The first-order valence-electron chi connectivity index (χ1n) is 7.55. The van der Waals surface area contributed by atoms with Crippen LogP contribution in [0.5, 0.6) is 0 Å². The molecule has 11 heteroatoms. The van der Waals surface area contributed by atoms with E-state index < -0.39 is 10.0 Å². The Morgan fingerprint density at radius 2 is 1.88 bits per heavy atom. The second-order valence-corrected chi connectivity index (χ2v) is 8.88. The molecule has 0 unspecified atom stereocenters. The standard InChI is InChI=1S/C14H17Cl2N5O2S2/c1-18-9-17-21(14(18)24)10-19-4-6-20(7-5-19)25(22,23)13-8-11(15)2-3-12(13)16/h2-3,8-9H,4-7,10H2,1H3. The third-order valence-electron chi connectivity index (χ3n) is 4.06. The lowest BCUT2D eigenvalue weighted by atomic mass is 10.4. The third-order valence-corrected chi connectivity index (χ3v) is 7.18. The molecule has 1 fully saturated rings. The van der Waals surface area contributed by atoms with Crippen molar-refractivity contribution in [3.63, 3.8) is 0 Å². The SMILES string of the molecule is Cn1cnn(CN2CCN(S(=O)(=O)c3cc(Cl)ccc3Cl)CC2)c1=S. The maximum Gasteiger partial charge on any atom is 0.244 e. The van der Waals surface area contributed by atoms with Crippen LogP contribution in [0.2, 0.25) is 10.0 Å². The first-order chi connectivity index (χ1) is 11.8. The fraction of sp³-hybridized carbons (Fsp3) is 0.429. The Kier molecular flexibility index (Phi) is 5.52. The zero-order chi connectivity index (χ0) is 18.2. The van der Waals surface area contributed by atoms with Crippen molar-refractivity contribution in [2.75, 3.05) is 26.2 Å². The van der Waals surface area contributed by atoms with Crippen molar-refractivity contribution < 1.29 is 8.42 Å². The molecule has 0 amide bonds. The van der Waals surface area contributed by atoms with Crippen molar-refractivity contribution in [1.82, 2.24) is 23.6 Å². The molecule has 7 nitrogen and oxygen atoms in total. The topological polar surface area (TPSA) is 63.4 Å². The second-order valence-electron chi connectivity index (χ2n) is 5.76. The Balaban J connectivity index is 1.70. The monoisotopic (exact) mass is 421 g/mol. The highest BCUT2D eigenvalue weighted by molar-refractivity contribution is 7.89. The largest absolute Gasteiger partial charge is 0.310 e. The average Bonchev–Trinajstić information content (AvgIpc) is 2.89. The van der Waals surface area contributed by atoms with Crippen LogP contribution < -0.4 is 0 Å². The van der Waals surface area contributed by atoms with E-state index in [0.717, 1.165) is 0 Å². The molecule has 0 spiro atoms. The van der Waals surface area contributed by atoms with Gasteiger partial charge in [-0.25, -0.2) is 13.1 Å². The Bertz CT molecular complexity index is 933. The van der Waals surface area contributed by atoms with Crippen LogP contribution in [0, 0.1) is 4.77 Å². The molecule has 0 bridgehead atoms. The van der Waals surface area contributed by atoms with E-state index in [1.165, 1.54) is 16.4 Å². The third kappa shape index (κ3) is 3.91. The van der Waals surface area contributed by atoms with E-state index in [2.05, 4.69) is 10.00 Å². The van der Waals surface area contributed by atoms with Gasteiger partial charge < -0.3 is 4.57 Å². The van der Waals surface area contributed by atoms with Gasteiger partial charge in [0.15, 0.2) is 4.77 Å². The molecule has 0 saturated carbocycles. The summed E-state index contributed by atoms with van der Waals surface area (Å²) in [5.41, 5.74) is 0. The van der Waals surface area contributed by atoms with Gasteiger partial charge in [0.05, 0.1) is 11.7 Å². The minimum Gasteiger partial charge on any atom is -0.310 e. The number of aryl methyl sites for hydroxylation is 1. The highest BCUT2D eigenvalue weighted by Crippen LogP contribution is 2.28. The van der Waals surface area contributed by atoms with Crippen LogP contribution in [0.3, 0.4) is 0 Å². The van der Waals surface area contributed by atoms with Crippen LogP contribution in [0.25, 0.3) is 0 Å². The van der Waals surface area contributed by atoms with Crippen LogP contribution in [0.15, 0.2) is 29.4 Å². The van der Waals surface area contributed by atoms with E-state index in [0.29, 0.717) is 42.6 Å². The first kappa shape index (κ1) is 18.8. The summed E-state index contributed by atoms with van der Waals surface area (Å²) in [7, 11) is -1.83. The van der Waals surface area contributed by atoms with Gasteiger partial charge in [0.25, 0.3) is 0 Å². The Morgan fingerprint density at radius 3 is 2.48 bits per heavy atom. The highest BCUT2D eigenvalue weighted by atomic mass is 35.5. The van der Waals surface area contributed by atoms with Crippen molar-refractivity contribution in [2.45, 2.75) is 11.6 Å². The molecule has 1 saturated heterocycles. The number of halogens is 2. The Hall–Kier alpha value is -0.970. The van der Waals surface area contributed by atoms with Gasteiger partial charge in [0.1, 0.15) is 11.2 Å². The maximum atomic E-state index is 12.8. The number of piperazine rings is 1. The molecule has 1 aromatic carbocycles. The lowest BCUT2D eigenvalue weighted by molar-refractivity contribution is 0.144. The molecule has 3 rings (SSSR count). The summed E-state index contributed by atoms with van der Waals surface area (Å²) < 4.78 is 31.2. The lowest BCUT2D eigenvalue weighted by Crippen LogP contribution is -2.49. The van der Waals surface area contributed by atoms with E-state index in [1.54, 1.807) is 21.6 Å². The molecule has 1 aromatic heterocycles. The molecule has 1 aliphatic heterocycles. The number of sulfonamides is 1. The molecule has 136 valence electrons. The molecule has 0 N–H and O–H groups in total. The van der Waals surface area contributed by atoms with Crippen LogP contribution >= 0.6 is 35.4 Å². The summed E-state index contributed by atoms with van der Waals surface area (Å²) in [6, 6.07) is 4.45. The van der Waals surface area contributed by atoms with Gasteiger partial charge in [-0.05, 0) is 30.4 Å². The maximum absolute atomic E-state index is 12.8. The molecular formula is C14H17Cl2N5O2S2. The molecule has 0 radical (unpaired) electrons. The quantitative estimate of drug-likeness (QED) is 0.708. The minimum absolute atomic E-state index is 0.0436. The molecule has 0 aliphatic carbocycles. The lowest BCUT2D eigenvalue weighted by Gasteiger charge is -2.33. The Morgan fingerprint density at radius 1 is 1.20 bits per heavy atom. The number of hydrogen-bond donors (Lipinski definition) is 0. The van der Waals surface area contributed by atoms with Gasteiger partial charge in [-0.2, -0.15) is 9.40 Å². The fourth-order valence-corrected chi connectivity index (χ4v) is 4.94. The van der Waals surface area contributed by atoms with Gasteiger partial charge >= 0.3 is 0 Å². The van der Waals surface area contributed by atoms with Gasteiger partial charge in [-0.1, -0.05) is 23.2 Å². The predicted molar refractivity (Wildman–Crippen MR) is 98.8 cm³/mol. The first-order valence-corrected chi connectivity index (χ1v) is 10.2. The highest BCUT2D eigenvalue weighted by Gasteiger charge is 2.30. The van der Waals surface area contributed by atoms with E-state index >= 15 is 0 Å². The summed E-state index contributed by atoms with van der Waals surface area (Å²) in [6.07, 6.45) is 1.66. The second kappa shape index (κ2) is 7.34. The van der Waals surface area contributed by atoms with E-state index in [9.17, 15) is 8.42 Å². The summed E-state index contributed by atoms with van der Waals surface area (Å²) in [5, 5.41) is 4.73. The Labute approximate surface area is 161 Å². The molecule has 0 atom stereocenters. The molecule has 1 aliphatic rings. The van der Waals surface area contributed by atoms with Crippen molar-refractivity contribution in [2.24, 2.45) is 7.05 Å². The van der Waals surface area contributed by atoms with Crippen LogP contribution in [-0.2, 0) is 23.7 Å². The van der Waals surface area contributed by atoms with E-state index in [4.69, 9.17) is 35.4 Å². The molecule has 2 aromatic rings. The fourth-order valence-electron chi connectivity index (χ4n) is 2.63. The van der Waals surface area contributed by atoms with E-state index in [-0.39, 0.29) is 9.92 Å². The number of nitrogens with zero attached hydrogens (tertiary/aromatic N) is 5. The normalized spacial score (nSPS) is 17.1. The zero-order valence-corrected chi connectivity index (χ0v) is 16.6. The summed E-state index contributed by atoms with van der Waals surface area (Å²) in [4.78, 5) is 2.15. The molecule has 25 heavy (non-hydrogen) atoms. The van der Waals surface area contributed by atoms with Crippen molar-refractivity contribution in [3.05, 3.63) is 39.3 Å². The molecule has 2 heterocycles. The number of hydrogen-bond acceptors (Lipinski definition) is 5. The van der Waals surface area contributed by atoms with Crippen LogP contribution in [-0.4, -0.2) is 58.1 Å².